The van der Waals surface area contributed by atoms with Crippen LogP contribution in [0.3, 0.4) is 0 Å². The summed E-state index contributed by atoms with van der Waals surface area (Å²) in [4.78, 5) is 43.0. The fourth-order valence-corrected chi connectivity index (χ4v) is 4.04. The zero-order valence-electron chi connectivity index (χ0n) is 18.2. The van der Waals surface area contributed by atoms with Crippen LogP contribution in [0.1, 0.15) is 19.9 Å². The van der Waals surface area contributed by atoms with Crippen LogP contribution in [0.4, 0.5) is 4.39 Å². The SMILES string of the molecule is CC(=O)[C@H](C)n1c(=O)c2c(nc3n(-c4ccc(F)cc4)c(-c4ccccc4)cn23)n(C)c1=O. The van der Waals surface area contributed by atoms with Gasteiger partial charge in [0.1, 0.15) is 5.82 Å². The first-order valence-electron chi connectivity index (χ1n) is 10.4. The van der Waals surface area contributed by atoms with Gasteiger partial charge in [0.15, 0.2) is 16.9 Å². The van der Waals surface area contributed by atoms with Crippen molar-refractivity contribution in [1.29, 1.82) is 0 Å². The molecule has 1 atom stereocenters. The van der Waals surface area contributed by atoms with E-state index < -0.39 is 17.3 Å². The molecule has 0 saturated carbocycles. The highest BCUT2D eigenvalue weighted by Gasteiger charge is 2.25. The number of aryl methyl sites for hydroxylation is 1. The summed E-state index contributed by atoms with van der Waals surface area (Å²) < 4.78 is 19.3. The minimum atomic E-state index is -0.918. The van der Waals surface area contributed by atoms with Crippen LogP contribution in [0.25, 0.3) is 33.9 Å². The van der Waals surface area contributed by atoms with E-state index in [-0.39, 0.29) is 22.8 Å². The number of ketones is 1. The van der Waals surface area contributed by atoms with Crippen LogP contribution in [0.2, 0.25) is 0 Å². The van der Waals surface area contributed by atoms with Crippen molar-refractivity contribution in [1.82, 2.24) is 23.1 Å². The van der Waals surface area contributed by atoms with E-state index in [9.17, 15) is 18.8 Å². The molecule has 0 N–H and O–H groups in total. The largest absolute Gasteiger partial charge is 0.333 e. The zero-order chi connectivity index (χ0) is 23.4. The molecule has 3 heterocycles. The summed E-state index contributed by atoms with van der Waals surface area (Å²) in [6.07, 6.45) is 1.76. The van der Waals surface area contributed by atoms with Crippen molar-refractivity contribution >= 4 is 22.7 Å². The van der Waals surface area contributed by atoms with Gasteiger partial charge in [0.2, 0.25) is 5.78 Å². The Balaban J connectivity index is 1.94. The van der Waals surface area contributed by atoms with Gasteiger partial charge in [-0.05, 0) is 38.1 Å². The Kier molecular flexibility index (Phi) is 4.63. The van der Waals surface area contributed by atoms with Gasteiger partial charge in [-0.15, -0.1) is 0 Å². The summed E-state index contributed by atoms with van der Waals surface area (Å²) in [5, 5.41) is 0. The maximum Gasteiger partial charge on any atom is 0.333 e. The van der Waals surface area contributed by atoms with Crippen molar-refractivity contribution in [3.05, 3.63) is 87.4 Å². The van der Waals surface area contributed by atoms with E-state index in [1.807, 2.05) is 30.3 Å². The van der Waals surface area contributed by atoms with E-state index in [2.05, 4.69) is 4.98 Å². The maximum atomic E-state index is 13.6. The summed E-state index contributed by atoms with van der Waals surface area (Å²) in [6, 6.07) is 14.5. The number of hydrogen-bond acceptors (Lipinski definition) is 4. The van der Waals surface area contributed by atoms with Crippen LogP contribution in [0.15, 0.2) is 70.4 Å². The number of nitrogens with zero attached hydrogens (tertiary/aromatic N) is 5. The molecule has 5 aromatic rings. The van der Waals surface area contributed by atoms with Crippen molar-refractivity contribution < 1.29 is 9.18 Å². The summed E-state index contributed by atoms with van der Waals surface area (Å²) in [5.74, 6) is -0.292. The minimum Gasteiger partial charge on any atom is -0.298 e. The molecule has 0 amide bonds. The molecule has 0 radical (unpaired) electrons. The van der Waals surface area contributed by atoms with E-state index in [1.165, 1.54) is 37.6 Å². The van der Waals surface area contributed by atoms with E-state index in [0.717, 1.165) is 15.8 Å². The molecule has 5 rings (SSSR count). The lowest BCUT2D eigenvalue weighted by molar-refractivity contribution is -0.119. The van der Waals surface area contributed by atoms with Crippen molar-refractivity contribution in [3.63, 3.8) is 0 Å². The van der Waals surface area contributed by atoms with Crippen LogP contribution in [0.5, 0.6) is 0 Å². The molecule has 0 aliphatic heterocycles. The number of imidazole rings is 2. The number of fused-ring (bicyclic) bond motifs is 3. The summed E-state index contributed by atoms with van der Waals surface area (Å²) >= 11 is 0. The molecule has 0 saturated heterocycles. The second-order valence-corrected chi connectivity index (χ2v) is 7.95. The number of carbonyl (C=O) groups is 1. The Morgan fingerprint density at radius 2 is 1.70 bits per heavy atom. The molecule has 33 heavy (non-hydrogen) atoms. The molecular formula is C24H20FN5O3. The molecule has 0 fully saturated rings. The summed E-state index contributed by atoms with van der Waals surface area (Å²) in [7, 11) is 1.51. The Morgan fingerprint density at radius 1 is 1.03 bits per heavy atom. The fourth-order valence-electron chi connectivity index (χ4n) is 4.04. The molecule has 0 spiro atoms. The maximum absolute atomic E-state index is 13.6. The number of aromatic nitrogens is 5. The highest BCUT2D eigenvalue weighted by atomic mass is 19.1. The number of Topliss-reactive ketones (excluding diaryl/α,β-unsaturated/α-hetero) is 1. The quantitative estimate of drug-likeness (QED) is 0.426. The van der Waals surface area contributed by atoms with Crippen LogP contribution < -0.4 is 11.2 Å². The first-order valence-corrected chi connectivity index (χ1v) is 10.4. The van der Waals surface area contributed by atoms with Gasteiger partial charge >= 0.3 is 5.69 Å². The van der Waals surface area contributed by atoms with Gasteiger partial charge in [-0.2, -0.15) is 4.98 Å². The van der Waals surface area contributed by atoms with Gasteiger partial charge in [0.25, 0.3) is 5.56 Å². The Labute approximate surface area is 186 Å². The van der Waals surface area contributed by atoms with E-state index >= 15 is 0 Å². The molecule has 166 valence electrons. The lowest BCUT2D eigenvalue weighted by Crippen LogP contribution is -2.42. The first kappa shape index (κ1) is 20.6. The fraction of sp³-hybridized carbons (Fsp3) is 0.167. The molecule has 0 aliphatic rings. The number of carbonyl (C=O) groups excluding carboxylic acids is 1. The molecule has 8 nitrogen and oxygen atoms in total. The molecule has 3 aromatic heterocycles. The third kappa shape index (κ3) is 3.04. The Bertz CT molecular complexity index is 1660. The van der Waals surface area contributed by atoms with Gasteiger partial charge < -0.3 is 0 Å². The molecule has 9 heteroatoms. The van der Waals surface area contributed by atoms with Crippen molar-refractivity contribution in [2.45, 2.75) is 19.9 Å². The number of hydrogen-bond donors (Lipinski definition) is 0. The second-order valence-electron chi connectivity index (χ2n) is 7.95. The summed E-state index contributed by atoms with van der Waals surface area (Å²) in [5.41, 5.74) is 1.39. The van der Waals surface area contributed by atoms with Crippen molar-refractivity contribution in [3.8, 4) is 16.9 Å². The third-order valence-corrected chi connectivity index (χ3v) is 5.93. The van der Waals surface area contributed by atoms with Crippen LogP contribution in [0, 0.1) is 5.82 Å². The monoisotopic (exact) mass is 445 g/mol. The standard InChI is InChI=1S/C24H20FN5O3/c1-14(15(2)31)29-22(32)20-21(27(3)24(29)33)26-23-28(20)13-19(16-7-5-4-6-8-16)30(23)18-11-9-17(25)10-12-18/h4-14H,1-3H3/t14-/m0/s1. The third-order valence-electron chi connectivity index (χ3n) is 5.93. The molecule has 0 unspecified atom stereocenters. The smallest absolute Gasteiger partial charge is 0.298 e. The van der Waals surface area contributed by atoms with Gasteiger partial charge in [-0.1, -0.05) is 30.3 Å². The van der Waals surface area contributed by atoms with E-state index in [4.69, 9.17) is 0 Å². The molecular weight excluding hydrogens is 425 g/mol. The number of benzene rings is 2. The molecule has 0 bridgehead atoms. The average Bonchev–Trinajstić information content (AvgIpc) is 3.35. The normalized spacial score (nSPS) is 12.5. The van der Waals surface area contributed by atoms with Crippen LogP contribution >= 0.6 is 0 Å². The highest BCUT2D eigenvalue weighted by molar-refractivity contribution is 5.82. The van der Waals surface area contributed by atoms with Gasteiger partial charge in [0, 0.05) is 24.5 Å². The topological polar surface area (TPSA) is 83.3 Å². The van der Waals surface area contributed by atoms with Crippen LogP contribution in [-0.4, -0.2) is 28.9 Å². The lowest BCUT2D eigenvalue weighted by atomic mass is 10.1. The van der Waals surface area contributed by atoms with Crippen molar-refractivity contribution in [2.75, 3.05) is 0 Å². The Hall–Kier alpha value is -4.27. The van der Waals surface area contributed by atoms with Crippen LogP contribution in [-0.2, 0) is 11.8 Å². The first-order chi connectivity index (χ1) is 15.8. The predicted molar refractivity (Wildman–Crippen MR) is 122 cm³/mol. The highest BCUT2D eigenvalue weighted by Crippen LogP contribution is 2.29. The summed E-state index contributed by atoms with van der Waals surface area (Å²) in [6.45, 7) is 2.86. The lowest BCUT2D eigenvalue weighted by Gasteiger charge is -2.12. The molecule has 2 aromatic carbocycles. The Morgan fingerprint density at radius 3 is 2.33 bits per heavy atom. The van der Waals surface area contributed by atoms with E-state index in [0.29, 0.717) is 11.5 Å². The minimum absolute atomic E-state index is 0.179. The second kappa shape index (κ2) is 7.40. The van der Waals surface area contributed by atoms with E-state index in [1.54, 1.807) is 27.3 Å². The molecule has 0 aliphatic carbocycles. The zero-order valence-corrected chi connectivity index (χ0v) is 18.2. The number of halogens is 1. The number of rotatable bonds is 4. The van der Waals surface area contributed by atoms with Gasteiger partial charge in [0.05, 0.1) is 11.7 Å². The van der Waals surface area contributed by atoms with Gasteiger partial charge in [-0.25, -0.2) is 13.8 Å². The van der Waals surface area contributed by atoms with Crippen molar-refractivity contribution in [2.24, 2.45) is 7.05 Å². The average molecular weight is 445 g/mol. The van der Waals surface area contributed by atoms with Gasteiger partial charge in [-0.3, -0.25) is 23.1 Å². The predicted octanol–water partition coefficient (Wildman–Crippen LogP) is 3.09.